The topological polar surface area (TPSA) is 20.2 Å². The summed E-state index contributed by atoms with van der Waals surface area (Å²) >= 11 is 0. The fourth-order valence-electron chi connectivity index (χ4n) is 10.2. The van der Waals surface area contributed by atoms with E-state index in [-0.39, 0.29) is 22.3 Å². The van der Waals surface area contributed by atoms with E-state index in [0.29, 0.717) is 16.7 Å². The van der Waals surface area contributed by atoms with Gasteiger partial charge < -0.3 is 5.11 Å². The monoisotopic (exact) mass is 424 g/mol. The Labute approximate surface area is 192 Å². The number of rotatable bonds is 0. The quantitative estimate of drug-likeness (QED) is 0.418. The molecule has 174 valence electrons. The van der Waals surface area contributed by atoms with Gasteiger partial charge in [0.2, 0.25) is 0 Å². The van der Waals surface area contributed by atoms with E-state index in [4.69, 9.17) is 0 Å². The summed E-state index contributed by atoms with van der Waals surface area (Å²) in [6, 6.07) is 0. The Morgan fingerprint density at radius 2 is 1.48 bits per heavy atom. The van der Waals surface area contributed by atoms with Crippen molar-refractivity contribution >= 4 is 0 Å². The van der Waals surface area contributed by atoms with Gasteiger partial charge in [0.05, 0.1) is 6.10 Å². The van der Waals surface area contributed by atoms with Crippen LogP contribution in [0, 0.1) is 50.7 Å². The minimum absolute atomic E-state index is 0.0124. The summed E-state index contributed by atoms with van der Waals surface area (Å²) in [4.78, 5) is 0. The smallest absolute Gasteiger partial charge is 0.0594 e. The third-order valence-corrected chi connectivity index (χ3v) is 12.8. The maximum absolute atomic E-state index is 10.9. The van der Waals surface area contributed by atoms with Gasteiger partial charge >= 0.3 is 0 Å². The fourth-order valence-corrected chi connectivity index (χ4v) is 10.2. The largest absolute Gasteiger partial charge is 0.393 e. The van der Waals surface area contributed by atoms with Gasteiger partial charge in [-0.05, 0) is 102 Å². The second-order valence-corrected chi connectivity index (χ2v) is 14.3. The molecule has 1 unspecified atom stereocenters. The van der Waals surface area contributed by atoms with Gasteiger partial charge in [-0.2, -0.15) is 0 Å². The number of hydrogen-bond donors (Lipinski definition) is 1. The van der Waals surface area contributed by atoms with Gasteiger partial charge in [0.25, 0.3) is 0 Å². The Bertz CT molecular complexity index is 833. The normalized spacial score (nSPS) is 55.7. The molecule has 0 aromatic rings. The molecular formula is C30H48O. The van der Waals surface area contributed by atoms with Crippen molar-refractivity contribution in [3.8, 4) is 0 Å². The van der Waals surface area contributed by atoms with Crippen molar-refractivity contribution in [3.05, 3.63) is 23.3 Å². The summed E-state index contributed by atoms with van der Waals surface area (Å²) in [5, 5.41) is 10.9. The number of allylic oxidation sites excluding steroid dienone is 4. The van der Waals surface area contributed by atoms with E-state index in [9.17, 15) is 5.11 Å². The van der Waals surface area contributed by atoms with Crippen LogP contribution in [0.1, 0.15) is 107 Å². The number of aliphatic hydroxyl groups excluding tert-OH is 1. The first-order chi connectivity index (χ1) is 14.3. The van der Waals surface area contributed by atoms with Gasteiger partial charge in [0, 0.05) is 0 Å². The van der Waals surface area contributed by atoms with Crippen molar-refractivity contribution in [3.63, 3.8) is 0 Å². The van der Waals surface area contributed by atoms with Crippen LogP contribution in [0.15, 0.2) is 23.3 Å². The average Bonchev–Trinajstić information content (AvgIpc) is 2.69. The molecule has 0 bridgehead atoms. The molecule has 4 fully saturated rings. The first-order valence-electron chi connectivity index (χ1n) is 13.4. The van der Waals surface area contributed by atoms with Crippen LogP contribution in [-0.4, -0.2) is 11.2 Å². The van der Waals surface area contributed by atoms with Crippen LogP contribution in [0.3, 0.4) is 0 Å². The third kappa shape index (κ3) is 2.59. The molecule has 1 N–H and O–H groups in total. The molecular weight excluding hydrogens is 376 g/mol. The average molecular weight is 425 g/mol. The molecule has 5 rings (SSSR count). The highest BCUT2D eigenvalue weighted by Gasteiger charge is 2.65. The first kappa shape index (κ1) is 22.2. The van der Waals surface area contributed by atoms with Crippen molar-refractivity contribution in [2.24, 2.45) is 50.7 Å². The Morgan fingerprint density at radius 1 is 0.774 bits per heavy atom. The summed E-state index contributed by atoms with van der Waals surface area (Å²) < 4.78 is 0. The molecule has 5 aliphatic carbocycles. The third-order valence-electron chi connectivity index (χ3n) is 12.8. The standard InChI is InChI=1S/C30H48O/c1-19-11-14-27(5)17-18-29(7)21(25(27)20(19)2)9-10-23-28(6)15-13-24(31)26(3,4)22(28)12-16-30(23,29)8/h9-10,19-20,22,24-25,31H,11-18H2,1-8H3/t19-,20+,22+,24?,25+,27-,28+,29-,30-/m1/s1. The first-order valence-corrected chi connectivity index (χ1v) is 13.4. The van der Waals surface area contributed by atoms with Gasteiger partial charge in [-0.1, -0.05) is 78.7 Å². The molecule has 0 radical (unpaired) electrons. The van der Waals surface area contributed by atoms with Crippen molar-refractivity contribution in [2.75, 3.05) is 0 Å². The van der Waals surface area contributed by atoms with E-state index in [2.05, 4.69) is 67.5 Å². The Morgan fingerprint density at radius 3 is 2.19 bits per heavy atom. The molecule has 1 heteroatoms. The molecule has 9 atom stereocenters. The summed E-state index contributed by atoms with van der Waals surface area (Å²) in [5.74, 6) is 2.97. The number of fused-ring (bicyclic) bond motifs is 7. The highest BCUT2D eigenvalue weighted by Crippen LogP contribution is 2.74. The van der Waals surface area contributed by atoms with Gasteiger partial charge in [0.1, 0.15) is 0 Å². The zero-order valence-electron chi connectivity index (χ0n) is 21.6. The summed E-state index contributed by atoms with van der Waals surface area (Å²) in [6.07, 6.45) is 15.3. The van der Waals surface area contributed by atoms with Gasteiger partial charge in [-0.3, -0.25) is 0 Å². The summed E-state index contributed by atoms with van der Waals surface area (Å²) in [6.45, 7) is 20.2. The van der Waals surface area contributed by atoms with E-state index in [1.165, 1.54) is 38.5 Å². The van der Waals surface area contributed by atoms with Crippen molar-refractivity contribution in [1.82, 2.24) is 0 Å². The predicted octanol–water partition coefficient (Wildman–Crippen LogP) is 7.94. The molecule has 0 spiro atoms. The predicted molar refractivity (Wildman–Crippen MR) is 131 cm³/mol. The SMILES string of the molecule is C[C@H]1[C@H](C)CC[C@]2(C)CC[C@]3(C)C(=CC=C4[C@@]5(C)CCC(O)C(C)(C)[C@@H]5CC[C@]43C)[C@H]12. The Hall–Kier alpha value is -0.560. The molecule has 4 saturated carbocycles. The van der Waals surface area contributed by atoms with E-state index < -0.39 is 0 Å². The molecule has 1 nitrogen and oxygen atoms in total. The second kappa shape index (κ2) is 6.52. The highest BCUT2D eigenvalue weighted by molar-refractivity contribution is 5.45. The highest BCUT2D eigenvalue weighted by atomic mass is 16.3. The number of aliphatic hydroxyl groups is 1. The summed E-state index contributed by atoms with van der Waals surface area (Å²) in [7, 11) is 0. The van der Waals surface area contributed by atoms with Gasteiger partial charge in [0.15, 0.2) is 0 Å². The van der Waals surface area contributed by atoms with Crippen molar-refractivity contribution < 1.29 is 5.11 Å². The molecule has 0 aromatic carbocycles. The van der Waals surface area contributed by atoms with Gasteiger partial charge in [-0.25, -0.2) is 0 Å². The second-order valence-electron chi connectivity index (χ2n) is 14.3. The molecule has 5 aliphatic rings. The minimum Gasteiger partial charge on any atom is -0.393 e. The maximum Gasteiger partial charge on any atom is 0.0594 e. The zero-order valence-corrected chi connectivity index (χ0v) is 21.6. The molecule has 0 aromatic heterocycles. The van der Waals surface area contributed by atoms with Crippen LogP contribution >= 0.6 is 0 Å². The lowest BCUT2D eigenvalue weighted by Gasteiger charge is -2.69. The van der Waals surface area contributed by atoms with Crippen LogP contribution in [0.2, 0.25) is 0 Å². The molecule has 0 amide bonds. The van der Waals surface area contributed by atoms with Gasteiger partial charge in [-0.15, -0.1) is 0 Å². The lowest BCUT2D eigenvalue weighted by atomic mass is 9.36. The summed E-state index contributed by atoms with van der Waals surface area (Å²) in [5.41, 5.74) is 4.84. The van der Waals surface area contributed by atoms with E-state index in [0.717, 1.165) is 30.6 Å². The molecule has 0 heterocycles. The van der Waals surface area contributed by atoms with Crippen LogP contribution < -0.4 is 0 Å². The molecule has 31 heavy (non-hydrogen) atoms. The molecule has 0 aliphatic heterocycles. The van der Waals surface area contributed by atoms with Crippen LogP contribution in [0.5, 0.6) is 0 Å². The fraction of sp³-hybridized carbons (Fsp3) is 0.867. The van der Waals surface area contributed by atoms with E-state index >= 15 is 0 Å². The van der Waals surface area contributed by atoms with Crippen LogP contribution in [-0.2, 0) is 0 Å². The lowest BCUT2D eigenvalue weighted by molar-refractivity contribution is -0.126. The minimum atomic E-state index is -0.152. The van der Waals surface area contributed by atoms with Crippen molar-refractivity contribution in [2.45, 2.75) is 113 Å². The maximum atomic E-state index is 10.9. The number of hydrogen-bond acceptors (Lipinski definition) is 1. The molecule has 0 saturated heterocycles. The van der Waals surface area contributed by atoms with E-state index in [1.807, 2.05) is 5.57 Å². The Balaban J connectivity index is 1.64. The zero-order chi connectivity index (χ0) is 22.6. The lowest BCUT2D eigenvalue weighted by Crippen LogP contribution is -2.61. The van der Waals surface area contributed by atoms with Crippen molar-refractivity contribution in [1.29, 1.82) is 0 Å². The Kier molecular flexibility index (Phi) is 4.68. The van der Waals surface area contributed by atoms with Crippen LogP contribution in [0.25, 0.3) is 0 Å². The van der Waals surface area contributed by atoms with E-state index in [1.54, 1.807) is 5.57 Å². The van der Waals surface area contributed by atoms with Crippen LogP contribution in [0.4, 0.5) is 0 Å².